The van der Waals surface area contributed by atoms with Crippen molar-refractivity contribution < 1.29 is 35.5 Å². The predicted octanol–water partition coefficient (Wildman–Crippen LogP) is 6.97. The molecule has 0 atom stereocenters. The number of carbonyl (C=O) groups is 1. The Bertz CT molecular complexity index is 891. The van der Waals surface area contributed by atoms with Crippen LogP contribution in [0.15, 0.2) is 36.4 Å². The average molecular weight is 435 g/mol. The topological polar surface area (TPSA) is 29.1 Å². The number of anilines is 1. The van der Waals surface area contributed by atoms with Crippen LogP contribution < -0.4 is 5.32 Å². The number of benzene rings is 2. The molecule has 0 aromatic heterocycles. The van der Waals surface area contributed by atoms with Crippen LogP contribution in [0, 0.1) is 13.8 Å². The monoisotopic (exact) mass is 435 g/mol. The second-order valence-electron chi connectivity index (χ2n) is 7.37. The lowest BCUT2D eigenvalue weighted by atomic mass is 9.90. The van der Waals surface area contributed by atoms with Crippen LogP contribution in [0.2, 0.25) is 0 Å². The summed E-state index contributed by atoms with van der Waals surface area (Å²) in [7, 11) is 0. The van der Waals surface area contributed by atoms with E-state index in [2.05, 4.69) is 5.32 Å². The zero-order valence-electron chi connectivity index (χ0n) is 16.6. The van der Waals surface area contributed by atoms with Gasteiger partial charge in [0.2, 0.25) is 0 Å². The van der Waals surface area contributed by atoms with Gasteiger partial charge >= 0.3 is 18.0 Å². The van der Waals surface area contributed by atoms with E-state index < -0.39 is 29.5 Å². The highest BCUT2D eigenvalue weighted by molar-refractivity contribution is 6.05. The van der Waals surface area contributed by atoms with Gasteiger partial charge in [0.1, 0.15) is 0 Å². The molecule has 2 aromatic carbocycles. The summed E-state index contributed by atoms with van der Waals surface area (Å²) in [5.74, 6) is -0.357. The van der Waals surface area contributed by atoms with E-state index >= 15 is 0 Å². The molecule has 0 spiro atoms. The molecule has 0 radical (unpaired) electrons. The molecule has 0 aliphatic carbocycles. The van der Waals surface area contributed by atoms with Gasteiger partial charge in [-0.25, -0.2) is 4.39 Å². The summed E-state index contributed by atoms with van der Waals surface area (Å²) in [5.41, 5.74) is -6.11. The van der Waals surface area contributed by atoms with Gasteiger partial charge in [-0.1, -0.05) is 38.1 Å². The first-order chi connectivity index (χ1) is 13.6. The molecule has 0 aliphatic heterocycles. The smallest absolute Gasteiger partial charge is 0.322 e. The predicted molar refractivity (Wildman–Crippen MR) is 99.3 cm³/mol. The first-order valence-electron chi connectivity index (χ1n) is 8.95. The molecule has 2 nitrogen and oxygen atoms in total. The molecule has 1 N–H and O–H groups in total. The van der Waals surface area contributed by atoms with E-state index in [4.69, 9.17) is 0 Å². The van der Waals surface area contributed by atoms with Gasteiger partial charge in [-0.3, -0.25) is 4.79 Å². The van der Waals surface area contributed by atoms with Crippen molar-refractivity contribution >= 4 is 11.6 Å². The van der Waals surface area contributed by atoms with E-state index in [9.17, 15) is 35.5 Å². The fourth-order valence-electron chi connectivity index (χ4n) is 3.05. The summed E-state index contributed by atoms with van der Waals surface area (Å²) in [6, 6.07) is 7.50. The van der Waals surface area contributed by atoms with Crippen LogP contribution >= 0.6 is 0 Å². The highest BCUT2D eigenvalue weighted by atomic mass is 19.4. The Morgan fingerprint density at radius 2 is 1.27 bits per heavy atom. The Morgan fingerprint density at radius 1 is 0.833 bits per heavy atom. The van der Waals surface area contributed by atoms with E-state index in [1.54, 1.807) is 24.3 Å². The van der Waals surface area contributed by atoms with Crippen LogP contribution in [0.4, 0.5) is 36.4 Å². The third-order valence-electron chi connectivity index (χ3n) is 4.79. The van der Waals surface area contributed by atoms with Crippen LogP contribution in [-0.4, -0.2) is 18.3 Å². The Labute approximate surface area is 169 Å². The van der Waals surface area contributed by atoms with Gasteiger partial charge in [-0.05, 0) is 48.6 Å². The molecule has 0 aliphatic rings. The summed E-state index contributed by atoms with van der Waals surface area (Å²) in [6.07, 6.45) is -12.4. The molecule has 2 rings (SSSR count). The van der Waals surface area contributed by atoms with Crippen molar-refractivity contribution in [1.29, 1.82) is 0 Å². The lowest BCUT2D eigenvalue weighted by molar-refractivity contribution is -0.348. The molecule has 9 heteroatoms. The van der Waals surface area contributed by atoms with Gasteiger partial charge in [0.15, 0.2) is 0 Å². The molecule has 0 fully saturated rings. The number of amides is 1. The zero-order chi connectivity index (χ0) is 23.1. The molecule has 2 aromatic rings. The third-order valence-corrected chi connectivity index (χ3v) is 4.79. The maximum atomic E-state index is 14.3. The molecule has 0 saturated heterocycles. The quantitative estimate of drug-likeness (QED) is 0.517. The summed E-state index contributed by atoms with van der Waals surface area (Å²) in [6.45, 7) is 6.33. The second-order valence-corrected chi connectivity index (χ2v) is 7.37. The molecule has 1 amide bonds. The fourth-order valence-corrected chi connectivity index (χ4v) is 3.05. The lowest BCUT2D eigenvalue weighted by Crippen LogP contribution is -2.50. The zero-order valence-corrected chi connectivity index (χ0v) is 16.6. The fraction of sp³-hybridized carbons (Fsp3) is 0.381. The number of hydrogen-bond acceptors (Lipinski definition) is 1. The average Bonchev–Trinajstić information content (AvgIpc) is 2.61. The molecule has 164 valence electrons. The summed E-state index contributed by atoms with van der Waals surface area (Å²) >= 11 is 0. The largest absolute Gasteiger partial charge is 0.435 e. The summed E-state index contributed by atoms with van der Waals surface area (Å²) in [5, 5.41) is 2.48. The number of alkyl halides is 7. The number of nitrogens with one attached hydrogen (secondary N) is 1. The Kier molecular flexibility index (Phi) is 6.26. The first kappa shape index (κ1) is 23.7. The summed E-state index contributed by atoms with van der Waals surface area (Å²) in [4.78, 5) is 12.5. The summed E-state index contributed by atoms with van der Waals surface area (Å²) < 4.78 is 92.4. The minimum absolute atomic E-state index is 0.0170. The SMILES string of the molecule is Cc1cc(C(F)(C(F)(F)F)C(F)(F)F)cc(C)c1NC(=O)c1ccc(C(C)C)cc1. The van der Waals surface area contributed by atoms with Crippen molar-refractivity contribution in [2.75, 3.05) is 5.32 Å². The number of halogens is 7. The van der Waals surface area contributed by atoms with Crippen LogP contribution in [0.3, 0.4) is 0 Å². The number of hydrogen-bond donors (Lipinski definition) is 1. The van der Waals surface area contributed by atoms with Gasteiger partial charge < -0.3 is 5.32 Å². The van der Waals surface area contributed by atoms with Crippen molar-refractivity contribution in [2.45, 2.75) is 51.6 Å². The maximum Gasteiger partial charge on any atom is 0.435 e. The van der Waals surface area contributed by atoms with E-state index in [0.717, 1.165) is 5.56 Å². The Morgan fingerprint density at radius 3 is 1.63 bits per heavy atom. The second kappa shape index (κ2) is 7.92. The van der Waals surface area contributed by atoms with E-state index in [1.165, 1.54) is 13.8 Å². The lowest BCUT2D eigenvalue weighted by Gasteiger charge is -2.31. The van der Waals surface area contributed by atoms with Crippen LogP contribution in [0.5, 0.6) is 0 Å². The standard InChI is InChI=1S/C21H20F7NO/c1-11(2)14-5-7-15(8-6-14)18(30)29-17-12(3)9-16(10-13(17)4)19(22,20(23,24)25)21(26,27)28/h5-11H,1-4H3,(H,29,30). The number of rotatable bonds is 4. The molecule has 0 unspecified atom stereocenters. The van der Waals surface area contributed by atoms with Gasteiger partial charge in [0.25, 0.3) is 5.91 Å². The molecule has 0 saturated carbocycles. The number of aryl methyl sites for hydroxylation is 2. The van der Waals surface area contributed by atoms with Gasteiger partial charge in [-0.15, -0.1) is 0 Å². The minimum Gasteiger partial charge on any atom is -0.322 e. The van der Waals surface area contributed by atoms with Crippen LogP contribution in [-0.2, 0) is 5.67 Å². The Balaban J connectivity index is 2.42. The first-order valence-corrected chi connectivity index (χ1v) is 8.95. The van der Waals surface area contributed by atoms with Gasteiger partial charge in [0, 0.05) is 16.8 Å². The third kappa shape index (κ3) is 4.29. The van der Waals surface area contributed by atoms with E-state index in [1.807, 2.05) is 13.8 Å². The van der Waals surface area contributed by atoms with Crippen molar-refractivity contribution in [1.82, 2.24) is 0 Å². The van der Waals surface area contributed by atoms with Crippen LogP contribution in [0.25, 0.3) is 0 Å². The molecule has 30 heavy (non-hydrogen) atoms. The van der Waals surface area contributed by atoms with Crippen molar-refractivity contribution in [3.63, 3.8) is 0 Å². The molecule has 0 bridgehead atoms. The highest BCUT2D eigenvalue weighted by Gasteiger charge is 2.73. The normalized spacial score (nSPS) is 12.9. The van der Waals surface area contributed by atoms with E-state index in [0.29, 0.717) is 12.1 Å². The molecular weight excluding hydrogens is 415 g/mol. The molecular formula is C21H20F7NO. The number of carbonyl (C=O) groups excluding carboxylic acids is 1. The molecule has 0 heterocycles. The van der Waals surface area contributed by atoms with Gasteiger partial charge in [-0.2, -0.15) is 26.3 Å². The Hall–Kier alpha value is -2.58. The van der Waals surface area contributed by atoms with E-state index in [-0.39, 0.29) is 28.3 Å². The van der Waals surface area contributed by atoms with Crippen LogP contribution in [0.1, 0.15) is 52.4 Å². The van der Waals surface area contributed by atoms with Crippen molar-refractivity contribution in [3.8, 4) is 0 Å². The maximum absolute atomic E-state index is 14.3. The van der Waals surface area contributed by atoms with Gasteiger partial charge in [0.05, 0.1) is 0 Å². The van der Waals surface area contributed by atoms with Crippen molar-refractivity contribution in [2.24, 2.45) is 0 Å². The minimum atomic E-state index is -6.20. The highest BCUT2D eigenvalue weighted by Crippen LogP contribution is 2.53. The van der Waals surface area contributed by atoms with Crippen molar-refractivity contribution in [3.05, 3.63) is 64.2 Å².